The Morgan fingerprint density at radius 1 is 1.20 bits per heavy atom. The topological polar surface area (TPSA) is 81.1 Å². The minimum atomic E-state index is -0.423. The van der Waals surface area contributed by atoms with Crippen LogP contribution in [0.2, 0.25) is 0 Å². The van der Waals surface area contributed by atoms with E-state index in [9.17, 15) is 10.1 Å². The molecule has 6 heteroatoms. The Bertz CT molecular complexity index is 778. The second-order valence-corrected chi connectivity index (χ2v) is 4.27. The van der Waals surface area contributed by atoms with Crippen molar-refractivity contribution in [1.82, 2.24) is 9.97 Å². The van der Waals surface area contributed by atoms with E-state index in [4.69, 9.17) is 4.74 Å². The van der Waals surface area contributed by atoms with Gasteiger partial charge in [0.25, 0.3) is 5.69 Å². The molecule has 0 atom stereocenters. The second-order valence-electron chi connectivity index (χ2n) is 4.27. The molecular weight excluding hydrogens is 258 g/mol. The number of ether oxygens (including phenoxy) is 1. The molecule has 0 aliphatic rings. The maximum Gasteiger partial charge on any atom is 0.269 e. The van der Waals surface area contributed by atoms with Crippen LogP contribution in [-0.4, -0.2) is 22.0 Å². The van der Waals surface area contributed by atoms with Gasteiger partial charge in [0.05, 0.1) is 23.1 Å². The largest absolute Gasteiger partial charge is 0.497 e. The number of imidazole rings is 1. The number of nitro benzene ring substituents is 1. The molecule has 0 radical (unpaired) electrons. The zero-order valence-electron chi connectivity index (χ0n) is 10.7. The summed E-state index contributed by atoms with van der Waals surface area (Å²) >= 11 is 0. The third kappa shape index (κ3) is 2.07. The average molecular weight is 269 g/mol. The molecule has 0 aliphatic carbocycles. The third-order valence-corrected chi connectivity index (χ3v) is 3.04. The van der Waals surface area contributed by atoms with Crippen molar-refractivity contribution in [3.05, 3.63) is 52.6 Å². The molecule has 6 nitrogen and oxygen atoms in total. The minimum Gasteiger partial charge on any atom is -0.497 e. The quantitative estimate of drug-likeness (QED) is 0.585. The van der Waals surface area contributed by atoms with Gasteiger partial charge in [-0.05, 0) is 24.3 Å². The Morgan fingerprint density at radius 3 is 2.60 bits per heavy atom. The van der Waals surface area contributed by atoms with Crippen LogP contribution in [0.1, 0.15) is 0 Å². The number of hydrogen-bond donors (Lipinski definition) is 1. The van der Waals surface area contributed by atoms with Gasteiger partial charge in [0.1, 0.15) is 11.6 Å². The highest BCUT2D eigenvalue weighted by atomic mass is 16.6. The molecule has 1 heterocycles. The summed E-state index contributed by atoms with van der Waals surface area (Å²) in [5.74, 6) is 1.42. The van der Waals surface area contributed by atoms with E-state index >= 15 is 0 Å². The Morgan fingerprint density at radius 2 is 1.95 bits per heavy atom. The number of nitrogens with one attached hydrogen (secondary N) is 1. The number of nitrogens with zero attached hydrogens (tertiary/aromatic N) is 2. The fraction of sp³-hybridized carbons (Fsp3) is 0.0714. The Kier molecular flexibility index (Phi) is 2.83. The van der Waals surface area contributed by atoms with Gasteiger partial charge in [0, 0.05) is 23.8 Å². The number of benzene rings is 2. The van der Waals surface area contributed by atoms with Crippen LogP contribution in [0, 0.1) is 10.1 Å². The van der Waals surface area contributed by atoms with Gasteiger partial charge in [-0.3, -0.25) is 10.1 Å². The van der Waals surface area contributed by atoms with Gasteiger partial charge in [0.15, 0.2) is 0 Å². The zero-order valence-corrected chi connectivity index (χ0v) is 10.7. The Labute approximate surface area is 114 Å². The van der Waals surface area contributed by atoms with Crippen molar-refractivity contribution in [2.45, 2.75) is 0 Å². The van der Waals surface area contributed by atoms with Crippen LogP contribution in [-0.2, 0) is 0 Å². The lowest BCUT2D eigenvalue weighted by Crippen LogP contribution is -1.87. The van der Waals surface area contributed by atoms with E-state index in [1.807, 2.05) is 18.2 Å². The zero-order chi connectivity index (χ0) is 14.1. The monoisotopic (exact) mass is 269 g/mol. The summed E-state index contributed by atoms with van der Waals surface area (Å²) < 4.78 is 5.16. The van der Waals surface area contributed by atoms with Crippen molar-refractivity contribution in [2.24, 2.45) is 0 Å². The van der Waals surface area contributed by atoms with Crippen molar-refractivity contribution < 1.29 is 9.66 Å². The van der Waals surface area contributed by atoms with Crippen molar-refractivity contribution >= 4 is 16.7 Å². The number of fused-ring (bicyclic) bond motifs is 1. The van der Waals surface area contributed by atoms with Gasteiger partial charge in [0.2, 0.25) is 0 Å². The number of nitro groups is 1. The molecular formula is C14H11N3O3. The lowest BCUT2D eigenvalue weighted by Gasteiger charge is -1.97. The molecule has 0 saturated heterocycles. The summed E-state index contributed by atoms with van der Waals surface area (Å²) in [6.45, 7) is 0. The number of hydrogen-bond acceptors (Lipinski definition) is 4. The van der Waals surface area contributed by atoms with E-state index in [-0.39, 0.29) is 5.69 Å². The Balaban J connectivity index is 2.03. The predicted octanol–water partition coefficient (Wildman–Crippen LogP) is 3.15. The van der Waals surface area contributed by atoms with E-state index in [1.54, 1.807) is 19.2 Å². The summed E-state index contributed by atoms with van der Waals surface area (Å²) in [4.78, 5) is 17.8. The first-order valence-corrected chi connectivity index (χ1v) is 5.96. The summed E-state index contributed by atoms with van der Waals surface area (Å²) in [6, 6.07) is 11.8. The minimum absolute atomic E-state index is 0.0616. The number of aromatic amines is 1. The van der Waals surface area contributed by atoms with Gasteiger partial charge >= 0.3 is 0 Å². The van der Waals surface area contributed by atoms with Crippen molar-refractivity contribution in [1.29, 1.82) is 0 Å². The van der Waals surface area contributed by atoms with Crippen LogP contribution in [0.3, 0.4) is 0 Å². The summed E-state index contributed by atoms with van der Waals surface area (Å²) in [6.07, 6.45) is 0. The number of rotatable bonds is 3. The second kappa shape index (κ2) is 4.65. The molecule has 0 aliphatic heterocycles. The molecule has 0 spiro atoms. The van der Waals surface area contributed by atoms with Crippen LogP contribution in [0.15, 0.2) is 42.5 Å². The molecule has 3 rings (SSSR count). The lowest BCUT2D eigenvalue weighted by atomic mass is 10.2. The lowest BCUT2D eigenvalue weighted by molar-refractivity contribution is -0.384. The van der Waals surface area contributed by atoms with Crippen molar-refractivity contribution in [2.75, 3.05) is 7.11 Å². The SMILES string of the molecule is COc1ccc2nc(-c3ccc([N+](=O)[O-])cc3)[nH]c2c1. The van der Waals surface area contributed by atoms with Gasteiger partial charge in [-0.15, -0.1) is 0 Å². The van der Waals surface area contributed by atoms with E-state index in [0.717, 1.165) is 22.3 Å². The van der Waals surface area contributed by atoms with Crippen LogP contribution < -0.4 is 4.74 Å². The third-order valence-electron chi connectivity index (χ3n) is 3.04. The summed E-state index contributed by atoms with van der Waals surface area (Å²) in [7, 11) is 1.61. The van der Waals surface area contributed by atoms with Gasteiger partial charge in [-0.2, -0.15) is 0 Å². The highest BCUT2D eigenvalue weighted by Gasteiger charge is 2.09. The number of H-pyrrole nitrogens is 1. The number of aromatic nitrogens is 2. The molecule has 0 bridgehead atoms. The first-order valence-electron chi connectivity index (χ1n) is 5.96. The van der Waals surface area contributed by atoms with Crippen LogP contribution >= 0.6 is 0 Å². The Hall–Kier alpha value is -2.89. The molecule has 1 aromatic heterocycles. The fourth-order valence-electron chi connectivity index (χ4n) is 1.99. The maximum absolute atomic E-state index is 10.6. The van der Waals surface area contributed by atoms with E-state index in [2.05, 4.69) is 9.97 Å². The standard InChI is InChI=1S/C14H11N3O3/c1-20-11-6-7-12-13(8-11)16-14(15-12)9-2-4-10(5-3-9)17(18)19/h2-8H,1H3,(H,15,16). The van der Waals surface area contributed by atoms with Gasteiger partial charge in [-0.1, -0.05) is 0 Å². The summed E-state index contributed by atoms with van der Waals surface area (Å²) in [5.41, 5.74) is 2.54. The van der Waals surface area contributed by atoms with Crippen molar-refractivity contribution in [3.8, 4) is 17.1 Å². The molecule has 0 amide bonds. The van der Waals surface area contributed by atoms with E-state index in [0.29, 0.717) is 5.82 Å². The molecule has 0 saturated carbocycles. The van der Waals surface area contributed by atoms with E-state index < -0.39 is 4.92 Å². The van der Waals surface area contributed by atoms with Crippen LogP contribution in [0.25, 0.3) is 22.4 Å². The maximum atomic E-state index is 10.6. The normalized spacial score (nSPS) is 10.7. The highest BCUT2D eigenvalue weighted by molar-refractivity contribution is 5.80. The molecule has 3 aromatic rings. The summed E-state index contributed by atoms with van der Waals surface area (Å²) in [5, 5.41) is 10.6. The smallest absolute Gasteiger partial charge is 0.269 e. The van der Waals surface area contributed by atoms with Crippen LogP contribution in [0.5, 0.6) is 5.75 Å². The average Bonchev–Trinajstić information content (AvgIpc) is 2.90. The molecule has 1 N–H and O–H groups in total. The molecule has 0 fully saturated rings. The first-order chi connectivity index (χ1) is 9.67. The first kappa shape index (κ1) is 12.2. The van der Waals surface area contributed by atoms with Gasteiger partial charge < -0.3 is 9.72 Å². The highest BCUT2D eigenvalue weighted by Crippen LogP contribution is 2.25. The van der Waals surface area contributed by atoms with Crippen LogP contribution in [0.4, 0.5) is 5.69 Å². The number of non-ortho nitro benzene ring substituents is 1. The predicted molar refractivity (Wildman–Crippen MR) is 74.7 cm³/mol. The number of methoxy groups -OCH3 is 1. The molecule has 2 aromatic carbocycles. The van der Waals surface area contributed by atoms with E-state index in [1.165, 1.54) is 12.1 Å². The van der Waals surface area contributed by atoms with Crippen molar-refractivity contribution in [3.63, 3.8) is 0 Å². The fourth-order valence-corrected chi connectivity index (χ4v) is 1.99. The molecule has 20 heavy (non-hydrogen) atoms. The molecule has 0 unspecified atom stereocenters. The van der Waals surface area contributed by atoms with Gasteiger partial charge in [-0.25, -0.2) is 4.98 Å². The molecule has 100 valence electrons.